The third-order valence-electron chi connectivity index (χ3n) is 3.78. The topological polar surface area (TPSA) is 21.3 Å². The average molecular weight is 344 g/mol. The Morgan fingerprint density at radius 3 is 1.96 bits per heavy atom. The van der Waals surface area contributed by atoms with Gasteiger partial charge in [-0.05, 0) is 28.8 Å². The maximum absolute atomic E-state index is 12.6. The van der Waals surface area contributed by atoms with Gasteiger partial charge in [0.15, 0.2) is 0 Å². The first kappa shape index (κ1) is 17.8. The van der Waals surface area contributed by atoms with Gasteiger partial charge >= 0.3 is 6.18 Å². The van der Waals surface area contributed by atoms with Crippen molar-refractivity contribution in [1.82, 2.24) is 5.32 Å². The van der Waals surface area contributed by atoms with Crippen molar-refractivity contribution in [3.8, 4) is 11.1 Å². The molecule has 1 heterocycles. The highest BCUT2D eigenvalue weighted by molar-refractivity contribution is 5.85. The third kappa shape index (κ3) is 4.25. The first-order valence-corrected chi connectivity index (χ1v) is 7.13. The number of rotatable bonds is 2. The molecule has 2 aromatic carbocycles. The van der Waals surface area contributed by atoms with Crippen molar-refractivity contribution in [2.45, 2.75) is 12.2 Å². The summed E-state index contributed by atoms with van der Waals surface area (Å²) in [6.07, 6.45) is -4.30. The lowest BCUT2D eigenvalue weighted by Gasteiger charge is -2.24. The van der Waals surface area contributed by atoms with Crippen LogP contribution in [0.5, 0.6) is 0 Å². The van der Waals surface area contributed by atoms with Crippen LogP contribution >= 0.6 is 12.4 Å². The fraction of sp³-hybridized carbons (Fsp3) is 0.294. The lowest BCUT2D eigenvalue weighted by atomic mass is 10.00. The Labute approximate surface area is 139 Å². The number of benzene rings is 2. The number of alkyl halides is 3. The predicted molar refractivity (Wildman–Crippen MR) is 85.7 cm³/mol. The Hall–Kier alpha value is -1.56. The minimum absolute atomic E-state index is 0. The largest absolute Gasteiger partial charge is 0.416 e. The van der Waals surface area contributed by atoms with Crippen LogP contribution in [-0.4, -0.2) is 19.8 Å². The summed E-state index contributed by atoms with van der Waals surface area (Å²) in [4.78, 5) is 0. The Bertz CT molecular complexity index is 620. The van der Waals surface area contributed by atoms with Crippen molar-refractivity contribution >= 4 is 12.4 Å². The number of nitrogens with one attached hydrogen (secondary N) is 1. The predicted octanol–water partition coefficient (Wildman–Crippen LogP) is 4.46. The summed E-state index contributed by atoms with van der Waals surface area (Å²) in [7, 11) is 0. The molecule has 0 amide bonds. The standard InChI is InChI=1S/C17H16F3NO.ClH/c18-17(19,20)15-7-5-13(6-8-15)12-1-3-14(4-2-12)16-11-22-10-9-21-16;/h1-8,16,21H,9-11H2;1H/t16-;/m0./s1. The molecule has 0 bridgehead atoms. The molecule has 2 aromatic rings. The van der Waals surface area contributed by atoms with Crippen LogP contribution in [0.25, 0.3) is 11.1 Å². The quantitative estimate of drug-likeness (QED) is 0.869. The minimum atomic E-state index is -4.30. The second kappa shape index (κ2) is 7.34. The van der Waals surface area contributed by atoms with E-state index in [4.69, 9.17) is 4.74 Å². The molecule has 0 aromatic heterocycles. The molecule has 6 heteroatoms. The average Bonchev–Trinajstić information content (AvgIpc) is 2.55. The van der Waals surface area contributed by atoms with Gasteiger partial charge in [-0.15, -0.1) is 12.4 Å². The van der Waals surface area contributed by atoms with E-state index in [9.17, 15) is 13.2 Å². The molecule has 124 valence electrons. The van der Waals surface area contributed by atoms with Crippen molar-refractivity contribution < 1.29 is 17.9 Å². The molecule has 1 aliphatic heterocycles. The Kier molecular flexibility index (Phi) is 5.68. The van der Waals surface area contributed by atoms with Crippen molar-refractivity contribution in [3.05, 3.63) is 59.7 Å². The van der Waals surface area contributed by atoms with Gasteiger partial charge in [0.1, 0.15) is 0 Å². The molecule has 0 aliphatic carbocycles. The molecule has 3 rings (SSSR count). The van der Waals surface area contributed by atoms with Crippen LogP contribution in [0.4, 0.5) is 13.2 Å². The van der Waals surface area contributed by atoms with Crippen LogP contribution in [0.1, 0.15) is 17.2 Å². The highest BCUT2D eigenvalue weighted by Crippen LogP contribution is 2.31. The van der Waals surface area contributed by atoms with Crippen molar-refractivity contribution in [1.29, 1.82) is 0 Å². The first-order valence-electron chi connectivity index (χ1n) is 7.13. The Balaban J connectivity index is 0.00000192. The Morgan fingerprint density at radius 1 is 0.913 bits per heavy atom. The van der Waals surface area contributed by atoms with Gasteiger partial charge in [-0.25, -0.2) is 0 Å². The Morgan fingerprint density at radius 2 is 1.48 bits per heavy atom. The van der Waals surface area contributed by atoms with Gasteiger partial charge in [-0.1, -0.05) is 36.4 Å². The molecule has 0 spiro atoms. The summed E-state index contributed by atoms with van der Waals surface area (Å²) in [6, 6.07) is 13.2. The zero-order valence-electron chi connectivity index (χ0n) is 12.3. The molecular formula is C17H17ClF3NO. The molecule has 1 aliphatic rings. The molecule has 1 N–H and O–H groups in total. The van der Waals surface area contributed by atoms with Crippen LogP contribution in [-0.2, 0) is 10.9 Å². The zero-order valence-corrected chi connectivity index (χ0v) is 13.1. The molecule has 0 saturated carbocycles. The molecular weight excluding hydrogens is 327 g/mol. The molecule has 1 fully saturated rings. The van der Waals surface area contributed by atoms with E-state index in [1.807, 2.05) is 24.3 Å². The van der Waals surface area contributed by atoms with Crippen LogP contribution in [0, 0.1) is 0 Å². The molecule has 1 saturated heterocycles. The number of morpholine rings is 1. The van der Waals surface area contributed by atoms with Gasteiger partial charge in [0.25, 0.3) is 0 Å². The van der Waals surface area contributed by atoms with Gasteiger partial charge in [0.2, 0.25) is 0 Å². The van der Waals surface area contributed by atoms with Crippen molar-refractivity contribution in [3.63, 3.8) is 0 Å². The van der Waals surface area contributed by atoms with E-state index in [1.165, 1.54) is 12.1 Å². The first-order chi connectivity index (χ1) is 10.5. The monoisotopic (exact) mass is 343 g/mol. The molecule has 0 unspecified atom stereocenters. The van der Waals surface area contributed by atoms with Crippen LogP contribution in [0.3, 0.4) is 0 Å². The summed E-state index contributed by atoms with van der Waals surface area (Å²) in [5, 5.41) is 3.37. The number of halogens is 4. The lowest BCUT2D eigenvalue weighted by molar-refractivity contribution is -0.137. The second-order valence-corrected chi connectivity index (χ2v) is 5.28. The van der Waals surface area contributed by atoms with Crippen molar-refractivity contribution in [2.75, 3.05) is 19.8 Å². The number of ether oxygens (including phenoxy) is 1. The summed E-state index contributed by atoms with van der Waals surface area (Å²) in [6.45, 7) is 2.19. The maximum Gasteiger partial charge on any atom is 0.416 e. The van der Waals surface area contributed by atoms with Crippen molar-refractivity contribution in [2.24, 2.45) is 0 Å². The molecule has 0 radical (unpaired) electrons. The maximum atomic E-state index is 12.6. The van der Waals surface area contributed by atoms with Crippen LogP contribution < -0.4 is 5.32 Å². The van der Waals surface area contributed by atoms with E-state index in [-0.39, 0.29) is 18.4 Å². The highest BCUT2D eigenvalue weighted by Gasteiger charge is 2.29. The summed E-state index contributed by atoms with van der Waals surface area (Å²) in [5.41, 5.74) is 2.16. The molecule has 2 nitrogen and oxygen atoms in total. The van der Waals surface area contributed by atoms with Crippen LogP contribution in [0.2, 0.25) is 0 Å². The number of hydrogen-bond acceptors (Lipinski definition) is 2. The zero-order chi connectivity index (χ0) is 15.6. The molecule has 1 atom stereocenters. The van der Waals surface area contributed by atoms with E-state index in [2.05, 4.69) is 5.32 Å². The summed E-state index contributed by atoms with van der Waals surface area (Å²) < 4.78 is 43.1. The van der Waals surface area contributed by atoms with E-state index < -0.39 is 11.7 Å². The SMILES string of the molecule is Cl.FC(F)(F)c1ccc(-c2ccc([C@@H]3COCCN3)cc2)cc1. The second-order valence-electron chi connectivity index (χ2n) is 5.28. The summed E-state index contributed by atoms with van der Waals surface area (Å²) in [5.74, 6) is 0. The van der Waals surface area contributed by atoms with E-state index in [0.717, 1.165) is 42.0 Å². The highest BCUT2D eigenvalue weighted by atomic mass is 35.5. The van der Waals surface area contributed by atoms with Gasteiger partial charge in [-0.2, -0.15) is 13.2 Å². The third-order valence-corrected chi connectivity index (χ3v) is 3.78. The number of hydrogen-bond donors (Lipinski definition) is 1. The van der Waals surface area contributed by atoms with Gasteiger partial charge in [0, 0.05) is 6.54 Å². The fourth-order valence-corrected chi connectivity index (χ4v) is 2.54. The van der Waals surface area contributed by atoms with E-state index >= 15 is 0 Å². The fourth-order valence-electron chi connectivity index (χ4n) is 2.54. The lowest BCUT2D eigenvalue weighted by Crippen LogP contribution is -2.34. The smallest absolute Gasteiger partial charge is 0.378 e. The van der Waals surface area contributed by atoms with E-state index in [1.54, 1.807) is 0 Å². The van der Waals surface area contributed by atoms with E-state index in [0.29, 0.717) is 6.61 Å². The minimum Gasteiger partial charge on any atom is -0.378 e. The van der Waals surface area contributed by atoms with Gasteiger partial charge in [-0.3, -0.25) is 0 Å². The normalized spacial score (nSPS) is 18.3. The van der Waals surface area contributed by atoms with Gasteiger partial charge < -0.3 is 10.1 Å². The summed E-state index contributed by atoms with van der Waals surface area (Å²) >= 11 is 0. The van der Waals surface area contributed by atoms with Gasteiger partial charge in [0.05, 0.1) is 24.8 Å². The molecule has 23 heavy (non-hydrogen) atoms. The van der Waals surface area contributed by atoms with Crippen LogP contribution in [0.15, 0.2) is 48.5 Å².